The minimum atomic E-state index is -0.364. The summed E-state index contributed by atoms with van der Waals surface area (Å²) >= 11 is 0. The van der Waals surface area contributed by atoms with Crippen LogP contribution in [0.15, 0.2) is 43.0 Å². The van der Waals surface area contributed by atoms with Crippen molar-refractivity contribution in [1.29, 1.82) is 0 Å². The standard InChI is InChI=1S/C19H19N7O2.ClH.H2S/c1-24-16-8-15(17(7-12(16)9-21-24)25-6-3-13(27)11-25)23-19(28)14-10-22-26-5-2-4-20-18(14)26;;/h2,4-5,7-10,13,27H,3,6,11H2,1H3,(H,23,28);1H;1H2/t13-;;/m0../s1. The molecule has 1 aliphatic rings. The Morgan fingerprint density at radius 3 is 2.87 bits per heavy atom. The van der Waals surface area contributed by atoms with Gasteiger partial charge in [-0.1, -0.05) is 0 Å². The van der Waals surface area contributed by atoms with E-state index in [1.54, 1.807) is 33.9 Å². The molecule has 1 saturated heterocycles. The number of amides is 1. The summed E-state index contributed by atoms with van der Waals surface area (Å²) in [4.78, 5) is 19.3. The Kier molecular flexibility index (Phi) is 6.20. The minimum Gasteiger partial charge on any atom is -0.391 e. The Balaban J connectivity index is 0.00000128. The topological polar surface area (TPSA) is 101 Å². The summed E-state index contributed by atoms with van der Waals surface area (Å²) in [6, 6.07) is 5.68. The number of carbonyl (C=O) groups is 1. The van der Waals surface area contributed by atoms with E-state index in [2.05, 4.69) is 25.4 Å². The molecule has 3 aromatic heterocycles. The summed E-state index contributed by atoms with van der Waals surface area (Å²) in [5.74, 6) is -0.281. The lowest BCUT2D eigenvalue weighted by atomic mass is 10.1. The van der Waals surface area contributed by atoms with Gasteiger partial charge in [0, 0.05) is 37.9 Å². The number of nitrogens with zero attached hydrogens (tertiary/aromatic N) is 6. The van der Waals surface area contributed by atoms with Crippen molar-refractivity contribution in [3.05, 3.63) is 48.5 Å². The average Bonchev–Trinajstić information content (AvgIpc) is 3.40. The van der Waals surface area contributed by atoms with E-state index in [9.17, 15) is 9.90 Å². The Morgan fingerprint density at radius 2 is 2.10 bits per heavy atom. The van der Waals surface area contributed by atoms with Crippen LogP contribution in [-0.2, 0) is 7.05 Å². The summed E-state index contributed by atoms with van der Waals surface area (Å²) in [7, 11) is 1.86. The van der Waals surface area contributed by atoms with E-state index in [0.29, 0.717) is 29.9 Å². The molecule has 2 N–H and O–H groups in total. The van der Waals surface area contributed by atoms with Gasteiger partial charge in [0.05, 0.1) is 35.4 Å². The Bertz CT molecular complexity index is 1210. The molecule has 30 heavy (non-hydrogen) atoms. The highest BCUT2D eigenvalue weighted by Crippen LogP contribution is 2.34. The van der Waals surface area contributed by atoms with Gasteiger partial charge in [0.2, 0.25) is 0 Å². The molecule has 9 nitrogen and oxygen atoms in total. The third-order valence-corrected chi connectivity index (χ3v) is 5.14. The predicted molar refractivity (Wildman–Crippen MR) is 122 cm³/mol. The van der Waals surface area contributed by atoms with Gasteiger partial charge in [0.1, 0.15) is 5.56 Å². The molecule has 0 spiro atoms. The zero-order valence-corrected chi connectivity index (χ0v) is 18.0. The number of carbonyl (C=O) groups excluding carboxylic acids is 1. The van der Waals surface area contributed by atoms with Gasteiger partial charge in [0.25, 0.3) is 5.91 Å². The number of nitrogens with one attached hydrogen (secondary N) is 1. The van der Waals surface area contributed by atoms with Crippen LogP contribution in [0, 0.1) is 0 Å². The third-order valence-electron chi connectivity index (χ3n) is 5.14. The molecule has 1 atom stereocenters. The fourth-order valence-electron chi connectivity index (χ4n) is 3.69. The van der Waals surface area contributed by atoms with Crippen molar-refractivity contribution in [2.75, 3.05) is 23.3 Å². The number of aliphatic hydroxyl groups excluding tert-OH is 1. The molecule has 0 bridgehead atoms. The van der Waals surface area contributed by atoms with Crippen LogP contribution < -0.4 is 10.2 Å². The smallest absolute Gasteiger partial charge is 0.261 e. The first kappa shape index (κ1) is 21.9. The fourth-order valence-corrected chi connectivity index (χ4v) is 3.69. The van der Waals surface area contributed by atoms with E-state index in [0.717, 1.165) is 23.1 Å². The van der Waals surface area contributed by atoms with E-state index in [4.69, 9.17) is 0 Å². The van der Waals surface area contributed by atoms with Crippen molar-refractivity contribution in [1.82, 2.24) is 24.4 Å². The van der Waals surface area contributed by atoms with Crippen LogP contribution >= 0.6 is 25.9 Å². The Morgan fingerprint density at radius 1 is 1.27 bits per heavy atom. The quantitative estimate of drug-likeness (QED) is 0.498. The highest BCUT2D eigenvalue weighted by atomic mass is 35.5. The molecule has 158 valence electrons. The average molecular weight is 448 g/mol. The van der Waals surface area contributed by atoms with Crippen molar-refractivity contribution in [2.45, 2.75) is 12.5 Å². The highest BCUT2D eigenvalue weighted by Gasteiger charge is 2.25. The highest BCUT2D eigenvalue weighted by molar-refractivity contribution is 7.59. The van der Waals surface area contributed by atoms with Crippen molar-refractivity contribution in [2.24, 2.45) is 7.05 Å². The van der Waals surface area contributed by atoms with E-state index < -0.39 is 0 Å². The van der Waals surface area contributed by atoms with Crippen LogP contribution in [0.4, 0.5) is 11.4 Å². The molecule has 0 unspecified atom stereocenters. The van der Waals surface area contributed by atoms with Crippen molar-refractivity contribution >= 4 is 59.7 Å². The van der Waals surface area contributed by atoms with E-state index in [1.807, 2.05) is 19.2 Å². The molecule has 11 heteroatoms. The first-order valence-corrected chi connectivity index (χ1v) is 9.08. The van der Waals surface area contributed by atoms with Gasteiger partial charge in [-0.25, -0.2) is 9.50 Å². The monoisotopic (exact) mass is 447 g/mol. The number of benzene rings is 1. The summed E-state index contributed by atoms with van der Waals surface area (Å²) in [6.45, 7) is 1.26. The maximum Gasteiger partial charge on any atom is 0.261 e. The molecule has 4 heterocycles. The molecule has 4 aromatic rings. The second kappa shape index (κ2) is 8.50. The van der Waals surface area contributed by atoms with Crippen LogP contribution in [0.3, 0.4) is 0 Å². The number of fused-ring (bicyclic) bond motifs is 2. The van der Waals surface area contributed by atoms with Crippen molar-refractivity contribution in [3.8, 4) is 0 Å². The van der Waals surface area contributed by atoms with Gasteiger partial charge in [-0.3, -0.25) is 9.48 Å². The van der Waals surface area contributed by atoms with Crippen molar-refractivity contribution < 1.29 is 9.90 Å². The Labute approximate surface area is 185 Å². The lowest BCUT2D eigenvalue weighted by Crippen LogP contribution is -2.23. The first-order chi connectivity index (χ1) is 13.6. The number of aromatic nitrogens is 5. The molecule has 0 aliphatic carbocycles. The van der Waals surface area contributed by atoms with Gasteiger partial charge in [-0.15, -0.1) is 12.4 Å². The molecular formula is C19H22ClN7O2S. The van der Waals surface area contributed by atoms with Crippen LogP contribution in [0.25, 0.3) is 16.6 Å². The van der Waals surface area contributed by atoms with Crippen LogP contribution in [0.5, 0.6) is 0 Å². The molecule has 0 saturated carbocycles. The summed E-state index contributed by atoms with van der Waals surface area (Å²) in [5.41, 5.74) is 3.36. The van der Waals surface area contributed by atoms with Crippen LogP contribution in [0.2, 0.25) is 0 Å². The minimum absolute atomic E-state index is 0. The fraction of sp³-hybridized carbons (Fsp3) is 0.263. The molecule has 1 aromatic carbocycles. The lowest BCUT2D eigenvalue weighted by molar-refractivity contribution is 0.102. The lowest BCUT2D eigenvalue weighted by Gasteiger charge is -2.22. The number of hydrogen-bond acceptors (Lipinski definition) is 6. The largest absolute Gasteiger partial charge is 0.391 e. The van der Waals surface area contributed by atoms with Gasteiger partial charge >= 0.3 is 0 Å². The number of rotatable bonds is 3. The predicted octanol–water partition coefficient (Wildman–Crippen LogP) is 1.97. The maximum atomic E-state index is 13.0. The maximum absolute atomic E-state index is 13.0. The van der Waals surface area contributed by atoms with E-state index in [-0.39, 0.29) is 37.9 Å². The molecule has 0 radical (unpaired) electrons. The third kappa shape index (κ3) is 3.69. The number of hydrogen-bond donors (Lipinski definition) is 2. The summed E-state index contributed by atoms with van der Waals surface area (Å²) in [6.07, 6.45) is 7.03. The zero-order chi connectivity index (χ0) is 19.3. The van der Waals surface area contributed by atoms with Gasteiger partial charge in [0.15, 0.2) is 5.65 Å². The molecule has 1 fully saturated rings. The SMILES string of the molecule is Cl.Cn1ncc2cc(N3CC[C@H](O)C3)c(NC(=O)c3cnn4cccnc34)cc21.S. The number of β-amino-alcohol motifs (C(OH)–C–C–N with tert-alkyl or cyclic N) is 1. The van der Waals surface area contributed by atoms with E-state index >= 15 is 0 Å². The van der Waals surface area contributed by atoms with Crippen LogP contribution in [0.1, 0.15) is 16.8 Å². The first-order valence-electron chi connectivity index (χ1n) is 9.08. The van der Waals surface area contributed by atoms with Gasteiger partial charge in [-0.2, -0.15) is 23.7 Å². The van der Waals surface area contributed by atoms with Gasteiger partial charge in [-0.05, 0) is 24.6 Å². The normalized spacial score (nSPS) is 15.8. The second-order valence-corrected chi connectivity index (χ2v) is 6.99. The summed E-state index contributed by atoms with van der Waals surface area (Å²) < 4.78 is 3.33. The molecule has 5 rings (SSSR count). The number of halogens is 1. The van der Waals surface area contributed by atoms with Crippen molar-refractivity contribution in [3.63, 3.8) is 0 Å². The number of aliphatic hydroxyl groups is 1. The van der Waals surface area contributed by atoms with Crippen LogP contribution in [-0.4, -0.2) is 54.6 Å². The Hall–Kier alpha value is -2.82. The number of anilines is 2. The summed E-state index contributed by atoms with van der Waals surface area (Å²) in [5, 5.41) is 22.4. The molecule has 1 amide bonds. The second-order valence-electron chi connectivity index (χ2n) is 6.99. The molecule has 1 aliphatic heterocycles. The number of aryl methyl sites for hydroxylation is 1. The zero-order valence-electron chi connectivity index (χ0n) is 16.2. The van der Waals surface area contributed by atoms with E-state index in [1.165, 1.54) is 6.20 Å². The van der Waals surface area contributed by atoms with Gasteiger partial charge < -0.3 is 15.3 Å². The molecular weight excluding hydrogens is 426 g/mol.